The summed E-state index contributed by atoms with van der Waals surface area (Å²) in [5.41, 5.74) is -1.97. The quantitative estimate of drug-likeness (QED) is 0.278. The molecule has 1 aliphatic carbocycles. The number of carbonyl (C=O) groups is 4. The van der Waals surface area contributed by atoms with Crippen molar-refractivity contribution in [2.24, 2.45) is 5.92 Å². The van der Waals surface area contributed by atoms with Gasteiger partial charge in [0.25, 0.3) is 0 Å². The maximum absolute atomic E-state index is 13.4. The van der Waals surface area contributed by atoms with E-state index in [1.165, 1.54) is 4.90 Å². The van der Waals surface area contributed by atoms with Crippen LogP contribution in [0.5, 0.6) is 0 Å². The molecule has 3 amide bonds. The number of aliphatic hydroxyl groups excluding tert-OH is 1. The van der Waals surface area contributed by atoms with E-state index in [4.69, 9.17) is 14.2 Å². The first-order chi connectivity index (χ1) is 16.9. The van der Waals surface area contributed by atoms with Crippen LogP contribution in [0.15, 0.2) is 12.2 Å². The zero-order valence-corrected chi connectivity index (χ0v) is 22.2. The average Bonchev–Trinajstić information content (AvgIpc) is 3.32. The number of amides is 3. The molecule has 5 atom stereocenters. The number of esters is 1. The number of carbonyl (C=O) groups excluding carboxylic acids is 4. The summed E-state index contributed by atoms with van der Waals surface area (Å²) in [4.78, 5) is 53.1. The summed E-state index contributed by atoms with van der Waals surface area (Å²) in [6, 6.07) is -1.92. The lowest BCUT2D eigenvalue weighted by Gasteiger charge is -2.30. The van der Waals surface area contributed by atoms with E-state index in [1.807, 2.05) is 6.92 Å². The van der Waals surface area contributed by atoms with E-state index in [2.05, 4.69) is 10.6 Å². The minimum atomic E-state index is -1.23. The van der Waals surface area contributed by atoms with Gasteiger partial charge in [-0.3, -0.25) is 9.59 Å². The molecule has 1 heterocycles. The number of rotatable bonds is 11. The lowest BCUT2D eigenvalue weighted by atomic mass is 10.1. The minimum absolute atomic E-state index is 0.0198. The molecule has 0 aromatic carbocycles. The summed E-state index contributed by atoms with van der Waals surface area (Å²) in [7, 11) is 1.55. The van der Waals surface area contributed by atoms with Crippen molar-refractivity contribution >= 4 is 23.9 Å². The largest absolute Gasteiger partial charge is 0.464 e. The molecule has 2 fully saturated rings. The highest BCUT2D eigenvalue weighted by Gasteiger charge is 2.62. The molecule has 0 aromatic rings. The van der Waals surface area contributed by atoms with Gasteiger partial charge in [-0.05, 0) is 40.5 Å². The Morgan fingerprint density at radius 3 is 2.50 bits per heavy atom. The third-order valence-corrected chi connectivity index (χ3v) is 6.06. The van der Waals surface area contributed by atoms with Gasteiger partial charge in [-0.1, -0.05) is 25.5 Å². The van der Waals surface area contributed by atoms with Crippen molar-refractivity contribution in [1.29, 1.82) is 0 Å². The number of hydrogen-bond acceptors (Lipinski definition) is 8. The predicted molar refractivity (Wildman–Crippen MR) is 131 cm³/mol. The third kappa shape index (κ3) is 7.67. The second-order valence-electron chi connectivity index (χ2n) is 10.3. The lowest BCUT2D eigenvalue weighted by molar-refractivity contribution is -0.150. The minimum Gasteiger partial charge on any atom is -0.464 e. The van der Waals surface area contributed by atoms with Crippen LogP contribution in [0.4, 0.5) is 4.79 Å². The number of β-amino-alcohol motifs (C(OH)–C–C–N with tert-alkyl or cyclic N) is 1. The molecule has 2 aliphatic rings. The Morgan fingerprint density at radius 2 is 1.92 bits per heavy atom. The summed E-state index contributed by atoms with van der Waals surface area (Å²) in [5, 5.41) is 15.7. The third-order valence-electron chi connectivity index (χ3n) is 6.06. The fraction of sp³-hybridized carbons (Fsp3) is 0.760. The van der Waals surface area contributed by atoms with Crippen molar-refractivity contribution in [2.75, 3.05) is 26.9 Å². The molecule has 0 radical (unpaired) electrons. The summed E-state index contributed by atoms with van der Waals surface area (Å²) in [6.45, 7) is 9.17. The molecule has 0 spiro atoms. The van der Waals surface area contributed by atoms with Crippen molar-refractivity contribution in [1.82, 2.24) is 15.5 Å². The van der Waals surface area contributed by atoms with Gasteiger partial charge >= 0.3 is 12.1 Å². The molecule has 11 nitrogen and oxygen atoms in total. The maximum atomic E-state index is 13.4. The predicted octanol–water partition coefficient (Wildman–Crippen LogP) is 1.28. The number of likely N-dealkylation sites (tertiary alicyclic amines) is 1. The highest BCUT2D eigenvalue weighted by atomic mass is 16.6. The van der Waals surface area contributed by atoms with Crippen LogP contribution in [-0.4, -0.2) is 90.1 Å². The monoisotopic (exact) mass is 511 g/mol. The Hall–Kier alpha value is -2.66. The SMILES string of the molecule is CCC[C@H](NC(=O)OC(C)(C)C)C(=O)N1C[C@H](O)C[C@H]1C(=O)N[C@]1(C(=O)OCC)C[C@H]1/C=C\COC. The van der Waals surface area contributed by atoms with Gasteiger partial charge in [-0.25, -0.2) is 9.59 Å². The van der Waals surface area contributed by atoms with Crippen LogP contribution in [0.25, 0.3) is 0 Å². The number of alkyl carbamates (subject to hydrolysis) is 1. The van der Waals surface area contributed by atoms with E-state index in [9.17, 15) is 24.3 Å². The van der Waals surface area contributed by atoms with E-state index in [0.717, 1.165) is 0 Å². The Kier molecular flexibility index (Phi) is 10.3. The first-order valence-electron chi connectivity index (χ1n) is 12.5. The summed E-state index contributed by atoms with van der Waals surface area (Å²) >= 11 is 0. The fourth-order valence-electron chi connectivity index (χ4n) is 4.33. The number of nitrogens with one attached hydrogen (secondary N) is 2. The highest BCUT2D eigenvalue weighted by molar-refractivity contribution is 5.96. The van der Waals surface area contributed by atoms with Crippen LogP contribution in [0.3, 0.4) is 0 Å². The van der Waals surface area contributed by atoms with Crippen LogP contribution >= 0.6 is 0 Å². The van der Waals surface area contributed by atoms with E-state index in [1.54, 1.807) is 47.0 Å². The van der Waals surface area contributed by atoms with Crippen molar-refractivity contribution < 1.29 is 38.5 Å². The highest BCUT2D eigenvalue weighted by Crippen LogP contribution is 2.46. The van der Waals surface area contributed by atoms with Gasteiger partial charge < -0.3 is 34.9 Å². The zero-order valence-electron chi connectivity index (χ0n) is 22.2. The number of ether oxygens (including phenoxy) is 3. The van der Waals surface area contributed by atoms with Crippen LogP contribution < -0.4 is 10.6 Å². The normalized spacial score (nSPS) is 26.4. The molecule has 0 unspecified atom stereocenters. The molecule has 1 saturated heterocycles. The van der Waals surface area contributed by atoms with Gasteiger partial charge in [-0.15, -0.1) is 0 Å². The number of nitrogens with zero attached hydrogens (tertiary/aromatic N) is 1. The number of hydrogen-bond donors (Lipinski definition) is 3. The van der Waals surface area contributed by atoms with Crippen molar-refractivity contribution in [3.8, 4) is 0 Å². The molecule has 0 bridgehead atoms. The van der Waals surface area contributed by atoms with Crippen molar-refractivity contribution in [3.63, 3.8) is 0 Å². The summed E-state index contributed by atoms with van der Waals surface area (Å²) < 4.78 is 15.5. The van der Waals surface area contributed by atoms with Gasteiger partial charge in [0.15, 0.2) is 0 Å². The van der Waals surface area contributed by atoms with Crippen molar-refractivity contribution in [2.45, 2.75) is 89.6 Å². The molecular formula is C25H41N3O8. The molecule has 3 N–H and O–H groups in total. The topological polar surface area (TPSA) is 143 Å². The molecule has 1 saturated carbocycles. The number of aliphatic hydroxyl groups is 1. The second-order valence-corrected chi connectivity index (χ2v) is 10.3. The first-order valence-corrected chi connectivity index (χ1v) is 12.5. The number of methoxy groups -OCH3 is 1. The van der Waals surface area contributed by atoms with Gasteiger partial charge in [0.2, 0.25) is 11.8 Å². The van der Waals surface area contributed by atoms with Crippen LogP contribution in [0.1, 0.15) is 60.3 Å². The Morgan fingerprint density at radius 1 is 1.22 bits per heavy atom. The fourth-order valence-corrected chi connectivity index (χ4v) is 4.33. The Bertz CT molecular complexity index is 840. The molecule has 2 rings (SSSR count). The standard InChI is InChI=1S/C25H41N3O8/c1-7-10-18(26-23(33)36-24(3,4)5)21(31)28-15-17(29)13-19(28)20(30)27-25(22(32)35-8-2)14-16(25)11-9-12-34-6/h9,11,16-19,29H,7-8,10,12-15H2,1-6H3,(H,26,33)(H,27,30)/b11-9-/t16-,17-,18+,19+,25-/m1/s1. The molecule has 11 heteroatoms. The summed E-state index contributed by atoms with van der Waals surface area (Å²) in [6.07, 6.45) is 3.23. The van der Waals surface area contributed by atoms with Crippen LogP contribution in [0.2, 0.25) is 0 Å². The second kappa shape index (κ2) is 12.5. The molecular weight excluding hydrogens is 470 g/mol. The molecule has 204 valence electrons. The van der Waals surface area contributed by atoms with Crippen LogP contribution in [-0.2, 0) is 28.6 Å². The maximum Gasteiger partial charge on any atom is 0.408 e. The Labute approximate surface area is 212 Å². The van der Waals surface area contributed by atoms with E-state index in [0.29, 0.717) is 25.9 Å². The first kappa shape index (κ1) is 29.6. The van der Waals surface area contributed by atoms with Gasteiger partial charge in [-0.2, -0.15) is 0 Å². The average molecular weight is 512 g/mol. The van der Waals surface area contributed by atoms with E-state index < -0.39 is 53.2 Å². The molecule has 0 aromatic heterocycles. The van der Waals surface area contributed by atoms with Crippen LogP contribution in [0, 0.1) is 5.92 Å². The lowest BCUT2D eigenvalue weighted by Crippen LogP contribution is -2.56. The molecule has 1 aliphatic heterocycles. The summed E-state index contributed by atoms with van der Waals surface area (Å²) in [5.74, 6) is -1.86. The van der Waals surface area contributed by atoms with Gasteiger partial charge in [0, 0.05) is 26.0 Å². The Balaban J connectivity index is 2.18. The van der Waals surface area contributed by atoms with Gasteiger partial charge in [0.05, 0.1) is 19.3 Å². The van der Waals surface area contributed by atoms with E-state index >= 15 is 0 Å². The smallest absolute Gasteiger partial charge is 0.408 e. The van der Waals surface area contributed by atoms with Gasteiger partial charge in [0.1, 0.15) is 23.2 Å². The van der Waals surface area contributed by atoms with Crippen molar-refractivity contribution in [3.05, 3.63) is 12.2 Å². The zero-order chi connectivity index (χ0) is 27.1. The molecule has 36 heavy (non-hydrogen) atoms. The van der Waals surface area contributed by atoms with E-state index in [-0.39, 0.29) is 25.5 Å².